The minimum absolute atomic E-state index is 0.0104. The molecule has 2 saturated heterocycles. The van der Waals surface area contributed by atoms with Crippen molar-refractivity contribution in [3.63, 3.8) is 0 Å². The maximum atomic E-state index is 13.6. The number of carbonyl (C=O) groups is 3. The second-order valence-electron chi connectivity index (χ2n) is 8.17. The van der Waals surface area contributed by atoms with E-state index in [2.05, 4.69) is 4.90 Å². The Hall–Kier alpha value is -2.77. The van der Waals surface area contributed by atoms with Crippen LogP contribution in [0.4, 0.5) is 10.5 Å². The highest BCUT2D eigenvalue weighted by Crippen LogP contribution is 2.39. The molecule has 0 radical (unpaired) electrons. The van der Waals surface area contributed by atoms with Gasteiger partial charge in [0.2, 0.25) is 5.91 Å². The molecule has 0 atom stereocenters. The van der Waals surface area contributed by atoms with Crippen molar-refractivity contribution in [1.29, 1.82) is 0 Å². The van der Waals surface area contributed by atoms with Crippen molar-refractivity contribution < 1.29 is 14.4 Å². The van der Waals surface area contributed by atoms with E-state index in [1.165, 1.54) is 0 Å². The molecule has 3 rings (SSSR count). The van der Waals surface area contributed by atoms with E-state index < -0.39 is 5.54 Å². The zero-order valence-electron chi connectivity index (χ0n) is 18.5. The molecule has 0 aromatic heterocycles. The number of benzene rings is 1. The van der Waals surface area contributed by atoms with Gasteiger partial charge in [-0.05, 0) is 38.8 Å². The van der Waals surface area contributed by atoms with Crippen LogP contribution in [0.2, 0.25) is 0 Å². The Labute approximate surface area is 179 Å². The summed E-state index contributed by atoms with van der Waals surface area (Å²) in [4.78, 5) is 47.6. The van der Waals surface area contributed by atoms with Crippen molar-refractivity contribution in [3.8, 4) is 0 Å². The number of nitrogens with zero attached hydrogens (tertiary/aromatic N) is 5. The second-order valence-corrected chi connectivity index (χ2v) is 8.17. The summed E-state index contributed by atoms with van der Waals surface area (Å²) in [6, 6.07) is 9.84. The first kappa shape index (κ1) is 21.9. The van der Waals surface area contributed by atoms with Gasteiger partial charge in [-0.3, -0.25) is 9.59 Å². The maximum Gasteiger partial charge on any atom is 0.319 e. The van der Waals surface area contributed by atoms with E-state index in [4.69, 9.17) is 0 Å². The van der Waals surface area contributed by atoms with Crippen molar-refractivity contribution >= 4 is 23.5 Å². The first-order chi connectivity index (χ1) is 14.3. The van der Waals surface area contributed by atoms with Gasteiger partial charge in [0.1, 0.15) is 12.1 Å². The summed E-state index contributed by atoms with van der Waals surface area (Å²) in [5.74, 6) is -0.0394. The number of para-hydroxylation sites is 1. The predicted octanol–water partition coefficient (Wildman–Crippen LogP) is 1.68. The Kier molecular flexibility index (Phi) is 6.53. The fraction of sp³-hybridized carbons (Fsp3) is 0.591. The van der Waals surface area contributed by atoms with Gasteiger partial charge in [-0.25, -0.2) is 4.79 Å². The largest absolute Gasteiger partial charge is 0.342 e. The molecular formula is C22H33N5O3. The Morgan fingerprint density at radius 1 is 1.03 bits per heavy atom. The summed E-state index contributed by atoms with van der Waals surface area (Å²) in [7, 11) is 3.48. The number of hydrogen-bond acceptors (Lipinski definition) is 4. The molecule has 1 aromatic rings. The quantitative estimate of drug-likeness (QED) is 0.734. The Morgan fingerprint density at radius 2 is 1.63 bits per heavy atom. The molecule has 2 aliphatic heterocycles. The third kappa shape index (κ3) is 3.95. The average molecular weight is 416 g/mol. The maximum absolute atomic E-state index is 13.6. The van der Waals surface area contributed by atoms with Gasteiger partial charge in [-0.1, -0.05) is 18.2 Å². The van der Waals surface area contributed by atoms with Crippen LogP contribution in [-0.2, 0) is 9.59 Å². The van der Waals surface area contributed by atoms with Crippen molar-refractivity contribution in [3.05, 3.63) is 30.3 Å². The van der Waals surface area contributed by atoms with Crippen LogP contribution >= 0.6 is 0 Å². The summed E-state index contributed by atoms with van der Waals surface area (Å²) in [6.07, 6.45) is 1.10. The predicted molar refractivity (Wildman–Crippen MR) is 116 cm³/mol. The third-order valence-corrected chi connectivity index (χ3v) is 6.27. The lowest BCUT2D eigenvalue weighted by Gasteiger charge is -2.43. The van der Waals surface area contributed by atoms with Crippen LogP contribution in [0.25, 0.3) is 0 Å². The monoisotopic (exact) mass is 415 g/mol. The van der Waals surface area contributed by atoms with Crippen LogP contribution in [0.1, 0.15) is 26.7 Å². The van der Waals surface area contributed by atoms with Gasteiger partial charge in [0.05, 0.1) is 6.67 Å². The van der Waals surface area contributed by atoms with Gasteiger partial charge < -0.3 is 24.5 Å². The fourth-order valence-corrected chi connectivity index (χ4v) is 4.51. The number of urea groups is 1. The number of hydrogen-bond donors (Lipinski definition) is 0. The lowest BCUT2D eigenvalue weighted by atomic mass is 9.85. The van der Waals surface area contributed by atoms with Crippen molar-refractivity contribution in [2.45, 2.75) is 32.2 Å². The number of rotatable bonds is 5. The number of amides is 4. The zero-order chi connectivity index (χ0) is 21.9. The number of likely N-dealkylation sites (N-methyl/N-ethyl adjacent to an activating group) is 1. The van der Waals surface area contributed by atoms with E-state index in [9.17, 15) is 14.4 Å². The van der Waals surface area contributed by atoms with Crippen LogP contribution in [0.15, 0.2) is 30.3 Å². The van der Waals surface area contributed by atoms with E-state index in [0.29, 0.717) is 45.7 Å². The lowest BCUT2D eigenvalue weighted by Crippen LogP contribution is -2.58. The SMILES string of the molecule is CCN(CC)C(=O)CN1CN(c2ccccc2)C2(CCN(C(=O)N(C)C)CC2)C1=O. The highest BCUT2D eigenvalue weighted by molar-refractivity contribution is 5.96. The molecule has 0 saturated carbocycles. The van der Waals surface area contributed by atoms with E-state index in [-0.39, 0.29) is 24.4 Å². The van der Waals surface area contributed by atoms with E-state index >= 15 is 0 Å². The number of piperidine rings is 1. The van der Waals surface area contributed by atoms with E-state index in [0.717, 1.165) is 5.69 Å². The van der Waals surface area contributed by atoms with E-state index in [1.807, 2.05) is 44.2 Å². The molecule has 2 heterocycles. The highest BCUT2D eigenvalue weighted by atomic mass is 16.2. The molecule has 0 aliphatic carbocycles. The van der Waals surface area contributed by atoms with Gasteiger partial charge >= 0.3 is 6.03 Å². The van der Waals surface area contributed by atoms with Crippen LogP contribution in [-0.4, -0.2) is 96.5 Å². The molecule has 164 valence electrons. The molecule has 8 nitrogen and oxygen atoms in total. The molecule has 0 bridgehead atoms. The fourth-order valence-electron chi connectivity index (χ4n) is 4.51. The standard InChI is InChI=1S/C22H33N5O3/c1-5-24(6-2)19(28)16-26-17-27(18-10-8-7-9-11-18)22(20(26)29)12-14-25(15-13-22)21(30)23(3)4/h7-11H,5-6,12-17H2,1-4H3. The van der Waals surface area contributed by atoms with Gasteiger partial charge in [-0.15, -0.1) is 0 Å². The first-order valence-electron chi connectivity index (χ1n) is 10.7. The Balaban J connectivity index is 1.85. The van der Waals surface area contributed by atoms with Crippen molar-refractivity contribution in [2.24, 2.45) is 0 Å². The minimum Gasteiger partial charge on any atom is -0.342 e. The summed E-state index contributed by atoms with van der Waals surface area (Å²) in [6.45, 7) is 6.67. The third-order valence-electron chi connectivity index (χ3n) is 6.27. The van der Waals surface area contributed by atoms with Crippen molar-refractivity contribution in [2.75, 3.05) is 58.4 Å². The molecule has 4 amide bonds. The average Bonchev–Trinajstić information content (AvgIpc) is 3.01. The molecule has 2 fully saturated rings. The molecular weight excluding hydrogens is 382 g/mol. The smallest absolute Gasteiger partial charge is 0.319 e. The van der Waals surface area contributed by atoms with Crippen LogP contribution < -0.4 is 4.90 Å². The molecule has 1 aromatic carbocycles. The molecule has 1 spiro atoms. The molecule has 0 N–H and O–H groups in total. The van der Waals surface area contributed by atoms with Gasteiger partial charge in [-0.2, -0.15) is 0 Å². The molecule has 8 heteroatoms. The molecule has 0 unspecified atom stereocenters. The summed E-state index contributed by atoms with van der Waals surface area (Å²) < 4.78 is 0. The van der Waals surface area contributed by atoms with Gasteiger partial charge in [0.15, 0.2) is 0 Å². The lowest BCUT2D eigenvalue weighted by molar-refractivity contribution is -0.140. The normalized spacial score (nSPS) is 18.1. The van der Waals surface area contributed by atoms with Gasteiger partial charge in [0, 0.05) is 46.0 Å². The van der Waals surface area contributed by atoms with E-state index in [1.54, 1.807) is 33.7 Å². The topological polar surface area (TPSA) is 67.4 Å². The van der Waals surface area contributed by atoms with Crippen LogP contribution in [0, 0.1) is 0 Å². The van der Waals surface area contributed by atoms with Gasteiger partial charge in [0.25, 0.3) is 5.91 Å². The number of likely N-dealkylation sites (tertiary alicyclic amines) is 1. The molecule has 30 heavy (non-hydrogen) atoms. The van der Waals surface area contributed by atoms with Crippen molar-refractivity contribution in [1.82, 2.24) is 19.6 Å². The Morgan fingerprint density at radius 3 is 2.17 bits per heavy atom. The highest BCUT2D eigenvalue weighted by Gasteiger charge is 2.54. The number of carbonyl (C=O) groups excluding carboxylic acids is 3. The second kappa shape index (κ2) is 8.93. The summed E-state index contributed by atoms with van der Waals surface area (Å²) in [5.41, 5.74) is 0.254. The molecule has 2 aliphatic rings. The Bertz CT molecular complexity index is 770. The summed E-state index contributed by atoms with van der Waals surface area (Å²) in [5, 5.41) is 0. The zero-order valence-corrected chi connectivity index (χ0v) is 18.5. The first-order valence-corrected chi connectivity index (χ1v) is 10.7. The minimum atomic E-state index is -0.714. The summed E-state index contributed by atoms with van der Waals surface area (Å²) >= 11 is 0. The number of anilines is 1. The van der Waals surface area contributed by atoms with Crippen LogP contribution in [0.5, 0.6) is 0 Å². The van der Waals surface area contributed by atoms with Crippen LogP contribution in [0.3, 0.4) is 0 Å².